The first kappa shape index (κ1) is 23.6. The number of piperazine rings is 1. The van der Waals surface area contributed by atoms with Gasteiger partial charge < -0.3 is 21.1 Å². The minimum Gasteiger partial charge on any atom is -0.385 e. The largest absolute Gasteiger partial charge is 0.385 e. The van der Waals surface area contributed by atoms with Crippen molar-refractivity contribution in [3.63, 3.8) is 0 Å². The van der Waals surface area contributed by atoms with Gasteiger partial charge in [-0.15, -0.1) is 11.3 Å². The lowest BCUT2D eigenvalue weighted by Gasteiger charge is -2.37. The topological polar surface area (TPSA) is 117 Å². The molecule has 31 heavy (non-hydrogen) atoms. The van der Waals surface area contributed by atoms with E-state index < -0.39 is 5.91 Å². The lowest BCUT2D eigenvalue weighted by Crippen LogP contribution is -2.54. The van der Waals surface area contributed by atoms with Gasteiger partial charge in [0.25, 0.3) is 5.91 Å². The third-order valence-electron chi connectivity index (χ3n) is 5.95. The van der Waals surface area contributed by atoms with Crippen molar-refractivity contribution in [1.29, 1.82) is 0 Å². The predicted molar refractivity (Wildman–Crippen MR) is 120 cm³/mol. The number of methoxy groups -OCH3 is 1. The molecule has 3 rings (SSSR count). The average molecular weight is 452 g/mol. The molecule has 1 atom stereocenters. The summed E-state index contributed by atoms with van der Waals surface area (Å²) >= 11 is 1.47. The zero-order chi connectivity index (χ0) is 22.4. The van der Waals surface area contributed by atoms with E-state index in [2.05, 4.69) is 20.4 Å². The van der Waals surface area contributed by atoms with E-state index >= 15 is 0 Å². The zero-order valence-electron chi connectivity index (χ0n) is 18.4. The second kappa shape index (κ2) is 11.0. The molecule has 9 nitrogen and oxygen atoms in total. The van der Waals surface area contributed by atoms with Gasteiger partial charge in [0.15, 0.2) is 0 Å². The fourth-order valence-electron chi connectivity index (χ4n) is 4.15. The molecule has 2 heterocycles. The van der Waals surface area contributed by atoms with Gasteiger partial charge in [-0.05, 0) is 38.2 Å². The summed E-state index contributed by atoms with van der Waals surface area (Å²) in [5, 5.41) is 6.43. The molecule has 1 unspecified atom stereocenters. The molecule has 2 aliphatic rings. The fourth-order valence-corrected chi connectivity index (χ4v) is 5.44. The second-order valence-corrected chi connectivity index (χ2v) is 9.20. The summed E-state index contributed by atoms with van der Waals surface area (Å²) in [7, 11) is 1.64. The normalized spacial score (nSPS) is 17.9. The Hall–Kier alpha value is -2.01. The van der Waals surface area contributed by atoms with E-state index in [-0.39, 0.29) is 17.9 Å². The van der Waals surface area contributed by atoms with E-state index in [0.717, 1.165) is 49.2 Å². The Bertz CT molecular complexity index is 804. The molecule has 10 heteroatoms. The highest BCUT2D eigenvalue weighted by molar-refractivity contribution is 7.17. The van der Waals surface area contributed by atoms with Gasteiger partial charge in [0.1, 0.15) is 5.00 Å². The summed E-state index contributed by atoms with van der Waals surface area (Å²) in [5.41, 5.74) is 7.08. The first-order valence-electron chi connectivity index (χ1n) is 10.9. The number of carbonyl (C=O) groups is 3. The van der Waals surface area contributed by atoms with Crippen LogP contribution in [-0.2, 0) is 27.2 Å². The van der Waals surface area contributed by atoms with Crippen molar-refractivity contribution in [2.24, 2.45) is 5.73 Å². The molecule has 0 saturated carbocycles. The number of anilines is 1. The van der Waals surface area contributed by atoms with E-state index in [1.165, 1.54) is 11.3 Å². The Labute approximate surface area is 187 Å². The average Bonchev–Trinajstić information content (AvgIpc) is 3.31. The standard InChI is InChI=1S/C21H33N5O4S/c1-14(20(29)24-21-18(19(22)28)15-5-3-6-16(15)31-21)26-10-8-25(9-11-26)13-17(27)23-7-4-12-30-2/h14H,3-13H2,1-2H3,(H2,22,28)(H,23,27)(H,24,29). The van der Waals surface area contributed by atoms with Gasteiger partial charge in [-0.1, -0.05) is 0 Å². The smallest absolute Gasteiger partial charge is 0.251 e. The highest BCUT2D eigenvalue weighted by Crippen LogP contribution is 2.38. The second-order valence-electron chi connectivity index (χ2n) is 8.10. The summed E-state index contributed by atoms with van der Waals surface area (Å²) in [6, 6.07) is -0.331. The number of rotatable bonds is 10. The molecule has 172 valence electrons. The first-order valence-corrected chi connectivity index (χ1v) is 11.7. The number of carbonyl (C=O) groups excluding carboxylic acids is 3. The van der Waals surface area contributed by atoms with E-state index in [9.17, 15) is 14.4 Å². The van der Waals surface area contributed by atoms with Crippen LogP contribution in [0.15, 0.2) is 0 Å². The van der Waals surface area contributed by atoms with E-state index in [1.54, 1.807) is 7.11 Å². The number of ether oxygens (including phenoxy) is 1. The van der Waals surface area contributed by atoms with Crippen LogP contribution in [0, 0.1) is 0 Å². The molecular weight excluding hydrogens is 418 g/mol. The van der Waals surface area contributed by atoms with Crippen LogP contribution >= 0.6 is 11.3 Å². The monoisotopic (exact) mass is 451 g/mol. The number of nitrogens with two attached hydrogens (primary N) is 1. The van der Waals surface area contributed by atoms with Crippen LogP contribution in [0.5, 0.6) is 0 Å². The van der Waals surface area contributed by atoms with Crippen molar-refractivity contribution in [3.05, 3.63) is 16.0 Å². The van der Waals surface area contributed by atoms with Crippen LogP contribution in [0.1, 0.15) is 40.6 Å². The molecule has 0 bridgehead atoms. The number of hydrogen-bond donors (Lipinski definition) is 3. The van der Waals surface area contributed by atoms with Crippen LogP contribution in [0.25, 0.3) is 0 Å². The van der Waals surface area contributed by atoms with Gasteiger partial charge in [0.05, 0.1) is 18.2 Å². The van der Waals surface area contributed by atoms with Crippen molar-refractivity contribution in [1.82, 2.24) is 15.1 Å². The fraction of sp³-hybridized carbons (Fsp3) is 0.667. The molecule has 3 amide bonds. The molecule has 1 aromatic rings. The molecular formula is C21H33N5O4S. The van der Waals surface area contributed by atoms with Gasteiger partial charge in [-0.3, -0.25) is 24.2 Å². The molecule has 0 spiro atoms. The Morgan fingerprint density at radius 3 is 2.61 bits per heavy atom. The van der Waals surface area contributed by atoms with Crippen LogP contribution in [-0.4, -0.2) is 86.5 Å². The maximum atomic E-state index is 12.9. The SMILES string of the molecule is COCCCNC(=O)CN1CCN(C(C)C(=O)Nc2sc3c(c2C(N)=O)CCC3)CC1. The Morgan fingerprint density at radius 2 is 1.94 bits per heavy atom. The summed E-state index contributed by atoms with van der Waals surface area (Å²) in [5.74, 6) is -0.594. The van der Waals surface area contributed by atoms with Crippen molar-refractivity contribution in [2.75, 3.05) is 58.3 Å². The number of amides is 3. The number of thiophene rings is 1. The van der Waals surface area contributed by atoms with Crippen molar-refractivity contribution in [3.8, 4) is 0 Å². The number of fused-ring (bicyclic) bond motifs is 1. The maximum absolute atomic E-state index is 12.9. The third kappa shape index (κ3) is 6.03. The van der Waals surface area contributed by atoms with E-state index in [1.807, 2.05) is 6.92 Å². The number of nitrogens with zero attached hydrogens (tertiary/aromatic N) is 2. The van der Waals surface area contributed by atoms with Crippen molar-refractivity contribution in [2.45, 2.75) is 38.6 Å². The minimum atomic E-state index is -0.475. The molecule has 1 aromatic heterocycles. The van der Waals surface area contributed by atoms with Gasteiger partial charge in [0, 0.05) is 51.3 Å². The Balaban J connectivity index is 1.47. The molecule has 0 aromatic carbocycles. The molecule has 1 aliphatic heterocycles. The van der Waals surface area contributed by atoms with Crippen LogP contribution in [0.2, 0.25) is 0 Å². The van der Waals surface area contributed by atoms with Gasteiger partial charge in [-0.2, -0.15) is 0 Å². The van der Waals surface area contributed by atoms with Gasteiger partial charge in [0.2, 0.25) is 11.8 Å². The summed E-state index contributed by atoms with van der Waals surface area (Å²) in [6.45, 7) is 6.34. The Morgan fingerprint density at radius 1 is 1.19 bits per heavy atom. The zero-order valence-corrected chi connectivity index (χ0v) is 19.2. The quantitative estimate of drug-likeness (QED) is 0.444. The maximum Gasteiger partial charge on any atom is 0.251 e. The van der Waals surface area contributed by atoms with E-state index in [0.29, 0.717) is 43.4 Å². The molecule has 0 radical (unpaired) electrons. The lowest BCUT2D eigenvalue weighted by atomic mass is 10.1. The third-order valence-corrected chi connectivity index (χ3v) is 7.16. The van der Waals surface area contributed by atoms with E-state index in [4.69, 9.17) is 10.5 Å². The first-order chi connectivity index (χ1) is 14.9. The molecule has 4 N–H and O–H groups in total. The number of primary amides is 1. The van der Waals surface area contributed by atoms with Crippen LogP contribution in [0.4, 0.5) is 5.00 Å². The summed E-state index contributed by atoms with van der Waals surface area (Å²) < 4.78 is 4.98. The summed E-state index contributed by atoms with van der Waals surface area (Å²) in [6.07, 6.45) is 3.61. The molecule has 1 fully saturated rings. The minimum absolute atomic E-state index is 0.0140. The van der Waals surface area contributed by atoms with Crippen LogP contribution in [0.3, 0.4) is 0 Å². The number of nitrogens with one attached hydrogen (secondary N) is 2. The van der Waals surface area contributed by atoms with Crippen molar-refractivity contribution >= 4 is 34.1 Å². The van der Waals surface area contributed by atoms with Crippen molar-refractivity contribution < 1.29 is 19.1 Å². The lowest BCUT2D eigenvalue weighted by molar-refractivity contribution is -0.124. The molecule has 1 aliphatic carbocycles. The number of hydrogen-bond acceptors (Lipinski definition) is 7. The highest BCUT2D eigenvalue weighted by atomic mass is 32.1. The summed E-state index contributed by atoms with van der Waals surface area (Å²) in [4.78, 5) is 42.2. The highest BCUT2D eigenvalue weighted by Gasteiger charge is 2.30. The van der Waals surface area contributed by atoms with Gasteiger partial charge in [-0.25, -0.2) is 0 Å². The number of aryl methyl sites for hydroxylation is 1. The van der Waals surface area contributed by atoms with Crippen LogP contribution < -0.4 is 16.4 Å². The molecule has 1 saturated heterocycles. The van der Waals surface area contributed by atoms with Gasteiger partial charge >= 0.3 is 0 Å². The predicted octanol–water partition coefficient (Wildman–Crippen LogP) is 0.433. The Kier molecular flexibility index (Phi) is 8.42.